The molecule has 2 aromatic rings. The molecule has 2 aliphatic heterocycles. The van der Waals surface area contributed by atoms with Crippen molar-refractivity contribution in [2.24, 2.45) is 23.7 Å². The smallest absolute Gasteiger partial charge is 0.403 e. The van der Waals surface area contributed by atoms with Gasteiger partial charge in [-0.15, -0.1) is 0 Å². The zero-order valence-corrected chi connectivity index (χ0v) is 37.0. The molecule has 14 nitrogen and oxygen atoms in total. The van der Waals surface area contributed by atoms with Gasteiger partial charge >= 0.3 is 15.6 Å². The minimum atomic E-state index is -4.97. The molecule has 10 rings (SSSR count). The van der Waals surface area contributed by atoms with Gasteiger partial charge in [0.2, 0.25) is 0 Å². The molecule has 8 atom stereocenters. The minimum Gasteiger partial charge on any atom is -0.403 e. The van der Waals surface area contributed by atoms with Gasteiger partial charge in [-0.2, -0.15) is 9.78 Å². The summed E-state index contributed by atoms with van der Waals surface area (Å²) in [4.78, 5) is 64.3. The van der Waals surface area contributed by atoms with E-state index in [9.17, 15) is 28.7 Å². The second kappa shape index (κ2) is 15.9. The lowest BCUT2D eigenvalue weighted by molar-refractivity contribution is -0.644. The number of fused-ring (bicyclic) bond motifs is 2. The molecule has 2 saturated carbocycles. The monoisotopic (exact) mass is 924 g/mol. The third kappa shape index (κ3) is 6.98. The lowest BCUT2D eigenvalue weighted by Crippen LogP contribution is -2.75. The zero-order valence-electron chi connectivity index (χ0n) is 33.7. The SMILES string of the molecule is O=P(O)(O)Oc1cc(C2(OCCCOC3(c4ccc(Cl)c(OP(=O)(O)O)c4)OOC34C3CCCC4C4=C(CCCC4)C3)OOC23C2CCCC3C3=C(CCCC3)C2)ccc1Cl. The van der Waals surface area contributed by atoms with Crippen LogP contribution in [0.1, 0.15) is 120 Å². The molecule has 2 heterocycles. The van der Waals surface area contributed by atoms with Crippen LogP contribution >= 0.6 is 38.8 Å². The first-order chi connectivity index (χ1) is 29.2. The molecule has 0 amide bonds. The number of rotatable bonds is 12. The third-order valence-corrected chi connectivity index (χ3v) is 16.5. The third-order valence-electron chi connectivity index (χ3n) is 15.0. The molecular weight excluding hydrogens is 873 g/mol. The van der Waals surface area contributed by atoms with Crippen molar-refractivity contribution < 1.29 is 66.8 Å². The summed E-state index contributed by atoms with van der Waals surface area (Å²) in [5.74, 6) is -3.17. The Bertz CT molecular complexity index is 2090. The normalized spacial score (nSPS) is 35.6. The van der Waals surface area contributed by atoms with Gasteiger partial charge in [0.05, 0.1) is 23.3 Å². The maximum Gasteiger partial charge on any atom is 0.524 e. The van der Waals surface area contributed by atoms with E-state index in [1.807, 2.05) is 0 Å². The quantitative estimate of drug-likeness (QED) is 0.0681. The van der Waals surface area contributed by atoms with Gasteiger partial charge in [-0.05, 0) is 121 Å². The van der Waals surface area contributed by atoms with E-state index < -0.39 is 38.4 Å². The zero-order chi connectivity index (χ0) is 42.4. The van der Waals surface area contributed by atoms with Crippen LogP contribution in [0.25, 0.3) is 0 Å². The minimum absolute atomic E-state index is 0.0185. The van der Waals surface area contributed by atoms with Gasteiger partial charge in [0.15, 0.2) is 22.7 Å². The summed E-state index contributed by atoms with van der Waals surface area (Å²) in [6, 6.07) is 9.49. The van der Waals surface area contributed by atoms with Crippen molar-refractivity contribution in [1.29, 1.82) is 0 Å². The molecule has 0 aromatic heterocycles. The van der Waals surface area contributed by atoms with Crippen LogP contribution in [0.4, 0.5) is 0 Å². The molecule has 18 heteroatoms. The highest BCUT2D eigenvalue weighted by atomic mass is 35.5. The van der Waals surface area contributed by atoms with Crippen molar-refractivity contribution >= 4 is 38.8 Å². The summed E-state index contributed by atoms with van der Waals surface area (Å²) in [6.07, 6.45) is 16.3. The van der Waals surface area contributed by atoms with Crippen molar-refractivity contribution in [2.75, 3.05) is 13.2 Å². The standard InChI is InChI=1S/C43H52Cl2O14P2/c44-36-18-16-30(24-38(36)54-60(46,47)48)42(40(56-58-42)28-10-5-14-34(40)32-12-3-1-8-26(32)22-28)52-20-7-21-53-43(31-17-19-37(45)39(25-31)55-61(49,50)51)41(57-59-43)29-11-6-15-35(41)33-13-4-2-9-27(33)23-29/h16-19,24-25,28-29,34-35H,1-15,20-23H2,(H2,46,47,48)(H2,49,50,51). The van der Waals surface area contributed by atoms with Crippen LogP contribution in [-0.2, 0) is 49.7 Å². The summed E-state index contributed by atoms with van der Waals surface area (Å²) in [5, 5.41) is 0.0428. The first kappa shape index (κ1) is 43.1. The lowest BCUT2D eigenvalue weighted by atomic mass is 9.53. The van der Waals surface area contributed by atoms with Crippen molar-refractivity contribution in [1.82, 2.24) is 0 Å². The van der Waals surface area contributed by atoms with Crippen LogP contribution in [0.15, 0.2) is 58.7 Å². The average molecular weight is 926 g/mol. The van der Waals surface area contributed by atoms with Gasteiger partial charge in [-0.3, -0.25) is 19.6 Å². The van der Waals surface area contributed by atoms with Crippen LogP contribution in [-0.4, -0.2) is 44.0 Å². The molecule has 0 radical (unpaired) electrons. The topological polar surface area (TPSA) is 189 Å². The van der Waals surface area contributed by atoms with Gasteiger partial charge < -0.3 is 18.5 Å². The van der Waals surface area contributed by atoms with E-state index in [4.69, 9.17) is 61.3 Å². The highest BCUT2D eigenvalue weighted by molar-refractivity contribution is 7.47. The highest BCUT2D eigenvalue weighted by Gasteiger charge is 2.77. The highest BCUT2D eigenvalue weighted by Crippen LogP contribution is 2.69. The molecule has 2 saturated heterocycles. The number of hydrogen-bond acceptors (Lipinski definition) is 10. The number of phosphoric ester groups is 2. The summed E-state index contributed by atoms with van der Waals surface area (Å²) in [5.41, 5.74) is 4.97. The molecule has 8 aliphatic rings. The summed E-state index contributed by atoms with van der Waals surface area (Å²) >= 11 is 12.9. The number of benzene rings is 2. The number of ether oxygens (including phenoxy) is 2. The molecule has 6 aliphatic carbocycles. The first-order valence-electron chi connectivity index (χ1n) is 21.7. The molecule has 61 heavy (non-hydrogen) atoms. The van der Waals surface area contributed by atoms with Gasteiger partial charge in [0, 0.05) is 34.8 Å². The van der Waals surface area contributed by atoms with Crippen molar-refractivity contribution in [3.8, 4) is 11.5 Å². The van der Waals surface area contributed by atoms with E-state index in [1.54, 1.807) is 12.1 Å². The summed E-state index contributed by atoms with van der Waals surface area (Å²) < 4.78 is 48.2. The average Bonchev–Trinajstić information content (AvgIpc) is 3.20. The van der Waals surface area contributed by atoms with Gasteiger partial charge in [0.25, 0.3) is 11.6 Å². The predicted octanol–water partition coefficient (Wildman–Crippen LogP) is 10.1. The largest absolute Gasteiger partial charge is 0.524 e. The summed E-state index contributed by atoms with van der Waals surface area (Å²) in [7, 11) is -9.94. The van der Waals surface area contributed by atoms with E-state index in [0.717, 1.165) is 103 Å². The fraction of sp³-hybridized carbons (Fsp3) is 0.628. The number of allylic oxidation sites excluding steroid dienone is 2. The Morgan fingerprint density at radius 1 is 0.590 bits per heavy atom. The number of halogens is 2. The van der Waals surface area contributed by atoms with Crippen LogP contribution in [0.5, 0.6) is 11.5 Å². The van der Waals surface area contributed by atoms with Gasteiger partial charge in [-0.1, -0.05) is 70.5 Å². The molecule has 4 N–H and O–H groups in total. The Hall–Kier alpha value is -1.84. The Morgan fingerprint density at radius 2 is 1.02 bits per heavy atom. The molecule has 8 unspecified atom stereocenters. The van der Waals surface area contributed by atoms with Crippen molar-refractivity contribution in [2.45, 2.75) is 132 Å². The first-order valence-corrected chi connectivity index (χ1v) is 25.5. The fourth-order valence-electron chi connectivity index (χ4n) is 12.8. The van der Waals surface area contributed by atoms with Crippen LogP contribution in [0, 0.1) is 23.7 Å². The number of phosphoric acid groups is 2. The Morgan fingerprint density at radius 3 is 1.41 bits per heavy atom. The molecule has 332 valence electrons. The summed E-state index contributed by atoms with van der Waals surface area (Å²) in [6.45, 7) is 0.236. The van der Waals surface area contributed by atoms with Crippen molar-refractivity contribution in [3.63, 3.8) is 0 Å². The van der Waals surface area contributed by atoms with Crippen LogP contribution in [0.2, 0.25) is 10.0 Å². The maximum absolute atomic E-state index is 12.0. The molecular formula is C43H52Cl2O14P2. The van der Waals surface area contributed by atoms with Crippen LogP contribution in [0.3, 0.4) is 0 Å². The second-order valence-electron chi connectivity index (χ2n) is 18.1. The Balaban J connectivity index is 0.980. The number of hydrogen-bond donors (Lipinski definition) is 4. The lowest BCUT2D eigenvalue weighted by Gasteiger charge is -2.66. The van der Waals surface area contributed by atoms with E-state index in [0.29, 0.717) is 17.5 Å². The van der Waals surface area contributed by atoms with E-state index in [-0.39, 0.29) is 58.4 Å². The predicted molar refractivity (Wildman–Crippen MR) is 220 cm³/mol. The molecule has 2 aromatic carbocycles. The van der Waals surface area contributed by atoms with Crippen LogP contribution < -0.4 is 9.05 Å². The van der Waals surface area contributed by atoms with Gasteiger partial charge in [0.1, 0.15) is 0 Å². The maximum atomic E-state index is 12.0. The Labute approximate surface area is 364 Å². The van der Waals surface area contributed by atoms with E-state index in [2.05, 4.69) is 0 Å². The second-order valence-corrected chi connectivity index (χ2v) is 21.2. The van der Waals surface area contributed by atoms with Gasteiger partial charge in [-0.25, -0.2) is 18.9 Å². The Kier molecular flexibility index (Phi) is 11.3. The molecule has 4 fully saturated rings. The van der Waals surface area contributed by atoms with E-state index >= 15 is 0 Å². The van der Waals surface area contributed by atoms with E-state index in [1.165, 1.54) is 46.6 Å². The molecule has 2 spiro atoms. The fourth-order valence-corrected chi connectivity index (χ4v) is 14.0. The molecule has 4 bridgehead atoms. The van der Waals surface area contributed by atoms with Crippen molar-refractivity contribution in [3.05, 3.63) is 79.9 Å².